The molecule has 0 atom stereocenters. The molecule has 1 aliphatic rings. The predicted molar refractivity (Wildman–Crippen MR) is 135 cm³/mol. The van der Waals surface area contributed by atoms with Gasteiger partial charge in [0.05, 0.1) is 16.7 Å². The van der Waals surface area contributed by atoms with Gasteiger partial charge in [-0.05, 0) is 49.9 Å². The molecule has 1 N–H and O–H groups in total. The molecule has 190 valence electrons. The molecule has 3 aromatic rings. The van der Waals surface area contributed by atoms with Crippen molar-refractivity contribution in [3.8, 4) is 0 Å². The zero-order chi connectivity index (χ0) is 25.4. The maximum Gasteiger partial charge on any atom is 0.345 e. The van der Waals surface area contributed by atoms with E-state index in [0.717, 1.165) is 57.9 Å². The average Bonchev–Trinajstić information content (AvgIpc) is 3.45. The lowest BCUT2D eigenvalue weighted by Crippen LogP contribution is -2.33. The summed E-state index contributed by atoms with van der Waals surface area (Å²) in [5.74, 6) is 1.07. The smallest absolute Gasteiger partial charge is 0.345 e. The number of ether oxygens (including phenoxy) is 1. The van der Waals surface area contributed by atoms with Crippen LogP contribution >= 0.6 is 0 Å². The van der Waals surface area contributed by atoms with Gasteiger partial charge in [-0.2, -0.15) is 13.5 Å². The van der Waals surface area contributed by atoms with E-state index >= 15 is 0 Å². The Balaban J connectivity index is 1.67. The first-order valence-corrected chi connectivity index (χ1v) is 13.3. The number of nitrogens with zero attached hydrogens (tertiary/aromatic N) is 5. The number of imidazole rings is 1. The number of hydrogen-bond donors (Lipinski definition) is 1. The standard InChI is InChI=1S/C24H34N6O4S/c1-6-25-22(31)19-9-12-30(27-19)35(32,33)28(5)18-7-8-21-20(15-18)26-23(24(2,3)4)29(21)16-17-10-13-34-14-11-17/h7-9,12,15,17H,6,10-11,13-14,16H2,1-5H3,(H,25,31). The highest BCUT2D eigenvalue weighted by atomic mass is 32.2. The number of carbonyl (C=O) groups is 1. The molecule has 0 aliphatic carbocycles. The zero-order valence-electron chi connectivity index (χ0n) is 21.0. The molecule has 0 radical (unpaired) electrons. The van der Waals surface area contributed by atoms with Crippen LogP contribution in [0.2, 0.25) is 0 Å². The molecule has 0 spiro atoms. The number of fused-ring (bicyclic) bond motifs is 1. The Morgan fingerprint density at radius 3 is 2.60 bits per heavy atom. The van der Waals surface area contributed by atoms with E-state index in [1.54, 1.807) is 19.1 Å². The van der Waals surface area contributed by atoms with Crippen molar-refractivity contribution in [1.82, 2.24) is 24.1 Å². The topological polar surface area (TPSA) is 111 Å². The molecule has 4 rings (SSSR count). The third-order valence-corrected chi connectivity index (χ3v) is 7.85. The molecule has 3 heterocycles. The van der Waals surface area contributed by atoms with E-state index in [0.29, 0.717) is 18.2 Å². The molecule has 1 aliphatic heterocycles. The average molecular weight is 503 g/mol. The highest BCUT2D eigenvalue weighted by Crippen LogP contribution is 2.31. The number of anilines is 1. The molecule has 0 unspecified atom stereocenters. The minimum absolute atomic E-state index is 0.0425. The molecule has 10 nitrogen and oxygen atoms in total. The zero-order valence-corrected chi connectivity index (χ0v) is 21.8. The van der Waals surface area contributed by atoms with Crippen LogP contribution in [0.1, 0.15) is 56.8 Å². The molecule has 1 saturated heterocycles. The summed E-state index contributed by atoms with van der Waals surface area (Å²) in [4.78, 5) is 16.9. The summed E-state index contributed by atoms with van der Waals surface area (Å²) >= 11 is 0. The highest BCUT2D eigenvalue weighted by molar-refractivity contribution is 7.91. The molecule has 1 fully saturated rings. The lowest BCUT2D eigenvalue weighted by Gasteiger charge is -2.26. The summed E-state index contributed by atoms with van der Waals surface area (Å²) in [6.45, 7) is 11.0. The van der Waals surface area contributed by atoms with Gasteiger partial charge >= 0.3 is 10.2 Å². The number of hydrogen-bond acceptors (Lipinski definition) is 6. The number of nitrogens with one attached hydrogen (secondary N) is 1. The van der Waals surface area contributed by atoms with Crippen molar-refractivity contribution in [3.63, 3.8) is 0 Å². The molecular formula is C24H34N6O4S. The van der Waals surface area contributed by atoms with E-state index < -0.39 is 16.1 Å². The third kappa shape index (κ3) is 5.06. The fraction of sp³-hybridized carbons (Fsp3) is 0.542. The molecule has 1 amide bonds. The van der Waals surface area contributed by atoms with Crippen LogP contribution in [0.25, 0.3) is 11.0 Å². The van der Waals surface area contributed by atoms with Crippen LogP contribution in [0, 0.1) is 5.92 Å². The van der Waals surface area contributed by atoms with Crippen molar-refractivity contribution >= 4 is 32.8 Å². The van der Waals surface area contributed by atoms with E-state index in [1.807, 2.05) is 6.07 Å². The van der Waals surface area contributed by atoms with Gasteiger partial charge in [0.25, 0.3) is 5.91 Å². The van der Waals surface area contributed by atoms with Crippen LogP contribution in [0.3, 0.4) is 0 Å². The Kier molecular flexibility index (Phi) is 6.92. The van der Waals surface area contributed by atoms with Gasteiger partial charge < -0.3 is 14.6 Å². The maximum atomic E-state index is 13.2. The van der Waals surface area contributed by atoms with E-state index in [-0.39, 0.29) is 11.1 Å². The largest absolute Gasteiger partial charge is 0.381 e. The lowest BCUT2D eigenvalue weighted by atomic mass is 9.94. The number of aromatic nitrogens is 4. The van der Waals surface area contributed by atoms with Gasteiger partial charge in [-0.1, -0.05) is 20.8 Å². The SMILES string of the molecule is CCNC(=O)c1ccn(S(=O)(=O)N(C)c2ccc3c(c2)nc(C(C)(C)C)n3CC2CCOCC2)n1. The van der Waals surface area contributed by atoms with Crippen LogP contribution in [0.4, 0.5) is 5.69 Å². The molecule has 11 heteroatoms. The van der Waals surface area contributed by atoms with Crippen molar-refractivity contribution < 1.29 is 17.9 Å². The normalized spacial score (nSPS) is 15.5. The number of rotatable bonds is 7. The second-order valence-electron chi connectivity index (χ2n) is 9.93. The Hall–Kier alpha value is -2.92. The minimum Gasteiger partial charge on any atom is -0.381 e. The lowest BCUT2D eigenvalue weighted by molar-refractivity contribution is 0.0611. The molecule has 35 heavy (non-hydrogen) atoms. The van der Waals surface area contributed by atoms with Crippen LogP contribution in [0.5, 0.6) is 0 Å². The Labute approximate surface area is 206 Å². The first-order valence-electron chi connectivity index (χ1n) is 11.9. The van der Waals surface area contributed by atoms with Gasteiger partial charge in [0.15, 0.2) is 5.69 Å². The van der Waals surface area contributed by atoms with Crippen molar-refractivity contribution in [2.24, 2.45) is 5.92 Å². The first-order chi connectivity index (χ1) is 16.5. The van der Waals surface area contributed by atoms with Crippen LogP contribution in [0.15, 0.2) is 30.5 Å². The predicted octanol–water partition coefficient (Wildman–Crippen LogP) is 2.94. The van der Waals surface area contributed by atoms with Gasteiger partial charge in [-0.15, -0.1) is 4.09 Å². The van der Waals surface area contributed by atoms with Gasteiger partial charge in [0.1, 0.15) is 5.82 Å². The number of amides is 1. The molecule has 2 aromatic heterocycles. The fourth-order valence-electron chi connectivity index (χ4n) is 4.33. The second-order valence-corrected chi connectivity index (χ2v) is 11.8. The van der Waals surface area contributed by atoms with E-state index in [1.165, 1.54) is 19.3 Å². The first kappa shape index (κ1) is 25.2. The van der Waals surface area contributed by atoms with Gasteiger partial charge in [-0.3, -0.25) is 9.10 Å². The quantitative estimate of drug-likeness (QED) is 0.532. The second kappa shape index (κ2) is 9.62. The van der Waals surface area contributed by atoms with E-state index in [9.17, 15) is 13.2 Å². The molecule has 0 bridgehead atoms. The Bertz CT molecular complexity index is 1320. The number of benzene rings is 1. The third-order valence-electron chi connectivity index (χ3n) is 6.27. The Morgan fingerprint density at radius 1 is 1.23 bits per heavy atom. The maximum absolute atomic E-state index is 13.2. The molecule has 0 saturated carbocycles. The van der Waals surface area contributed by atoms with Crippen molar-refractivity contribution in [1.29, 1.82) is 0 Å². The summed E-state index contributed by atoms with van der Waals surface area (Å²) in [5, 5.41) is 6.59. The minimum atomic E-state index is -4.03. The molecular weight excluding hydrogens is 468 g/mol. The Morgan fingerprint density at radius 2 is 1.94 bits per heavy atom. The highest BCUT2D eigenvalue weighted by Gasteiger charge is 2.27. The van der Waals surface area contributed by atoms with Crippen LogP contribution in [-0.4, -0.2) is 59.9 Å². The van der Waals surface area contributed by atoms with Crippen LogP contribution in [-0.2, 0) is 26.9 Å². The van der Waals surface area contributed by atoms with Crippen LogP contribution < -0.4 is 9.62 Å². The van der Waals surface area contributed by atoms with E-state index in [2.05, 4.69) is 35.8 Å². The van der Waals surface area contributed by atoms with Gasteiger partial charge in [0.2, 0.25) is 0 Å². The van der Waals surface area contributed by atoms with E-state index in [4.69, 9.17) is 9.72 Å². The van der Waals surface area contributed by atoms with Crippen molar-refractivity contribution in [2.75, 3.05) is 31.1 Å². The fourth-order valence-corrected chi connectivity index (χ4v) is 5.36. The van der Waals surface area contributed by atoms with Crippen molar-refractivity contribution in [2.45, 2.75) is 52.5 Å². The van der Waals surface area contributed by atoms with Crippen molar-refractivity contribution in [3.05, 3.63) is 42.0 Å². The summed E-state index contributed by atoms with van der Waals surface area (Å²) in [7, 11) is -2.57. The van der Waals surface area contributed by atoms with Gasteiger partial charge in [0, 0.05) is 45.0 Å². The molecule has 1 aromatic carbocycles. The number of carbonyl (C=O) groups excluding carboxylic acids is 1. The van der Waals surface area contributed by atoms with Gasteiger partial charge in [-0.25, -0.2) is 4.98 Å². The monoisotopic (exact) mass is 502 g/mol. The summed E-state index contributed by atoms with van der Waals surface area (Å²) < 4.78 is 36.2. The summed E-state index contributed by atoms with van der Waals surface area (Å²) in [5.41, 5.74) is 2.05. The summed E-state index contributed by atoms with van der Waals surface area (Å²) in [6.07, 6.45) is 3.31. The summed E-state index contributed by atoms with van der Waals surface area (Å²) in [6, 6.07) is 6.88.